The lowest BCUT2D eigenvalue weighted by Gasteiger charge is -2.13. The van der Waals surface area contributed by atoms with E-state index < -0.39 is 0 Å². The van der Waals surface area contributed by atoms with Crippen LogP contribution in [0.15, 0.2) is 54.6 Å². The van der Waals surface area contributed by atoms with Gasteiger partial charge in [-0.3, -0.25) is 4.68 Å². The van der Waals surface area contributed by atoms with E-state index in [1.165, 1.54) is 10.9 Å². The highest BCUT2D eigenvalue weighted by atomic mass is 16.5. The standard InChI is InChI=1S/C35H39N3O4/c1-5-41-35(39)34-28(14-10-20-42-31-15-8-11-25-21-23(2)16-17-26(25)31)27-12-9-13-29-32-24(3)37(4)36-30(32)22-40-19-7-6-18-38(34)33(27)29/h8-9,11-13,15-17,21H,5-7,10,14,18-20,22H2,1-4H3. The van der Waals surface area contributed by atoms with Gasteiger partial charge in [0.1, 0.15) is 11.4 Å². The number of carbonyl (C=O) groups is 1. The number of esters is 1. The number of hydrogen-bond donors (Lipinski definition) is 0. The first-order valence-electron chi connectivity index (χ1n) is 15.0. The van der Waals surface area contributed by atoms with Crippen LogP contribution in [0.4, 0.5) is 0 Å². The Hall–Kier alpha value is -4.10. The molecule has 0 atom stereocenters. The molecule has 0 radical (unpaired) electrons. The van der Waals surface area contributed by atoms with Gasteiger partial charge in [0.05, 0.1) is 31.0 Å². The third kappa shape index (κ3) is 5.18. The largest absolute Gasteiger partial charge is 0.493 e. The van der Waals surface area contributed by atoms with Gasteiger partial charge in [-0.2, -0.15) is 5.10 Å². The van der Waals surface area contributed by atoms with Crippen LogP contribution in [0.25, 0.3) is 32.8 Å². The van der Waals surface area contributed by atoms with Crippen LogP contribution in [0.3, 0.4) is 0 Å². The van der Waals surface area contributed by atoms with Gasteiger partial charge in [0.2, 0.25) is 0 Å². The maximum atomic E-state index is 13.6. The number of hydrogen-bond acceptors (Lipinski definition) is 5. The summed E-state index contributed by atoms with van der Waals surface area (Å²) in [4.78, 5) is 13.6. The quantitative estimate of drug-likeness (QED) is 0.153. The molecule has 0 aliphatic carbocycles. The molecule has 7 nitrogen and oxygen atoms in total. The number of rotatable bonds is 7. The molecular weight excluding hydrogens is 526 g/mol. The summed E-state index contributed by atoms with van der Waals surface area (Å²) >= 11 is 0. The fourth-order valence-electron chi connectivity index (χ4n) is 6.29. The molecule has 0 saturated heterocycles. The summed E-state index contributed by atoms with van der Waals surface area (Å²) in [5.74, 6) is 0.619. The summed E-state index contributed by atoms with van der Waals surface area (Å²) in [6.45, 7) is 8.77. The van der Waals surface area contributed by atoms with Crippen molar-refractivity contribution in [2.24, 2.45) is 7.05 Å². The number of para-hydroxylation sites is 1. The van der Waals surface area contributed by atoms with Crippen LogP contribution in [-0.2, 0) is 36.1 Å². The third-order valence-electron chi connectivity index (χ3n) is 8.32. The minimum absolute atomic E-state index is 0.269. The topological polar surface area (TPSA) is 67.5 Å². The van der Waals surface area contributed by atoms with Gasteiger partial charge in [-0.05, 0) is 63.5 Å². The molecule has 0 N–H and O–H groups in total. The fraction of sp³-hybridized carbons (Fsp3) is 0.371. The van der Waals surface area contributed by atoms with Crippen LogP contribution in [0.1, 0.15) is 59.2 Å². The average Bonchev–Trinajstić information content (AvgIpc) is 3.44. The van der Waals surface area contributed by atoms with Crippen molar-refractivity contribution in [2.75, 3.05) is 19.8 Å². The molecule has 218 valence electrons. The van der Waals surface area contributed by atoms with E-state index in [0.717, 1.165) is 69.4 Å². The Morgan fingerprint density at radius 3 is 2.76 bits per heavy atom. The molecule has 1 aliphatic rings. The number of aromatic nitrogens is 3. The summed E-state index contributed by atoms with van der Waals surface area (Å²) in [6.07, 6.45) is 3.27. The summed E-state index contributed by atoms with van der Waals surface area (Å²) in [7, 11) is 1.97. The highest BCUT2D eigenvalue weighted by Gasteiger charge is 2.27. The summed E-state index contributed by atoms with van der Waals surface area (Å²) in [5.41, 5.74) is 8.15. The lowest BCUT2D eigenvalue weighted by molar-refractivity contribution is 0.0512. The Kier molecular flexibility index (Phi) is 8.02. The SMILES string of the molecule is CCOC(=O)c1c(CCCOc2cccc3cc(C)ccc23)c2cccc3c2n1CCCCOCc1nn(C)c(C)c1-3. The molecule has 0 saturated carbocycles. The average molecular weight is 566 g/mol. The van der Waals surface area contributed by atoms with Gasteiger partial charge in [0.25, 0.3) is 0 Å². The summed E-state index contributed by atoms with van der Waals surface area (Å²) in [6, 6.07) is 19.0. The van der Waals surface area contributed by atoms with Crippen molar-refractivity contribution in [1.82, 2.24) is 14.3 Å². The van der Waals surface area contributed by atoms with Crippen LogP contribution in [-0.4, -0.2) is 40.1 Å². The second kappa shape index (κ2) is 12.0. The van der Waals surface area contributed by atoms with Crippen LogP contribution >= 0.6 is 0 Å². The van der Waals surface area contributed by atoms with E-state index in [9.17, 15) is 4.79 Å². The molecule has 0 unspecified atom stereocenters. The van der Waals surface area contributed by atoms with E-state index in [0.29, 0.717) is 45.1 Å². The van der Waals surface area contributed by atoms with E-state index in [1.807, 2.05) is 30.8 Å². The molecular formula is C35H39N3O4. The van der Waals surface area contributed by atoms with Gasteiger partial charge in [0, 0.05) is 47.8 Å². The van der Waals surface area contributed by atoms with Crippen molar-refractivity contribution in [3.8, 4) is 16.9 Å². The van der Waals surface area contributed by atoms with Crippen LogP contribution in [0.2, 0.25) is 0 Å². The molecule has 0 fully saturated rings. The predicted molar refractivity (Wildman–Crippen MR) is 166 cm³/mol. The van der Waals surface area contributed by atoms with Crippen molar-refractivity contribution in [1.29, 1.82) is 0 Å². The van der Waals surface area contributed by atoms with E-state index in [1.54, 1.807) is 0 Å². The Bertz CT molecular complexity index is 1760. The van der Waals surface area contributed by atoms with Crippen LogP contribution in [0, 0.1) is 13.8 Å². The van der Waals surface area contributed by atoms with Crippen molar-refractivity contribution in [3.63, 3.8) is 0 Å². The number of nitrogens with zero attached hydrogens (tertiary/aromatic N) is 3. The zero-order chi connectivity index (χ0) is 29.2. The Morgan fingerprint density at radius 1 is 1.05 bits per heavy atom. The lowest BCUT2D eigenvalue weighted by Crippen LogP contribution is -2.15. The number of aryl methyl sites for hydroxylation is 4. The van der Waals surface area contributed by atoms with Gasteiger partial charge in [-0.15, -0.1) is 0 Å². The van der Waals surface area contributed by atoms with Crippen LogP contribution in [0.5, 0.6) is 5.75 Å². The lowest BCUT2D eigenvalue weighted by atomic mass is 9.98. The highest BCUT2D eigenvalue weighted by molar-refractivity contribution is 6.05. The molecule has 3 aromatic carbocycles. The van der Waals surface area contributed by atoms with Gasteiger partial charge in [-0.1, -0.05) is 54.1 Å². The first-order chi connectivity index (χ1) is 20.5. The highest BCUT2D eigenvalue weighted by Crippen LogP contribution is 2.39. The molecule has 5 aromatic rings. The van der Waals surface area contributed by atoms with E-state index in [4.69, 9.17) is 19.3 Å². The zero-order valence-corrected chi connectivity index (χ0v) is 25.0. The van der Waals surface area contributed by atoms with Crippen molar-refractivity contribution in [3.05, 3.63) is 82.8 Å². The minimum atomic E-state index is -0.269. The summed E-state index contributed by atoms with van der Waals surface area (Å²) in [5, 5.41) is 8.18. The van der Waals surface area contributed by atoms with Crippen LogP contribution < -0.4 is 4.74 Å². The smallest absolute Gasteiger partial charge is 0.355 e. The number of benzene rings is 3. The Balaban J connectivity index is 1.40. The monoisotopic (exact) mass is 565 g/mol. The fourth-order valence-corrected chi connectivity index (χ4v) is 6.29. The van der Waals surface area contributed by atoms with Crippen molar-refractivity contribution >= 4 is 27.6 Å². The normalized spacial score (nSPS) is 13.6. The van der Waals surface area contributed by atoms with E-state index in [2.05, 4.69) is 60.9 Å². The van der Waals surface area contributed by atoms with Crippen molar-refractivity contribution in [2.45, 2.75) is 59.6 Å². The molecule has 42 heavy (non-hydrogen) atoms. The number of ether oxygens (including phenoxy) is 3. The second-order valence-corrected chi connectivity index (χ2v) is 11.1. The van der Waals surface area contributed by atoms with Gasteiger partial charge in [0.15, 0.2) is 0 Å². The van der Waals surface area contributed by atoms with Gasteiger partial charge < -0.3 is 18.8 Å². The molecule has 6 rings (SSSR count). The maximum absolute atomic E-state index is 13.6. The molecule has 1 aliphatic heterocycles. The predicted octanol–water partition coefficient (Wildman–Crippen LogP) is 7.31. The second-order valence-electron chi connectivity index (χ2n) is 11.1. The number of fused-ring (bicyclic) bond motifs is 3. The molecule has 2 aromatic heterocycles. The molecule has 3 heterocycles. The first-order valence-corrected chi connectivity index (χ1v) is 15.0. The molecule has 7 heteroatoms. The zero-order valence-electron chi connectivity index (χ0n) is 25.0. The Labute approximate surface area is 247 Å². The maximum Gasteiger partial charge on any atom is 0.355 e. The van der Waals surface area contributed by atoms with Crippen molar-refractivity contribution < 1.29 is 19.0 Å². The molecule has 0 amide bonds. The first kappa shape index (κ1) is 28.0. The van der Waals surface area contributed by atoms with E-state index in [-0.39, 0.29) is 5.97 Å². The van der Waals surface area contributed by atoms with Gasteiger partial charge >= 0.3 is 5.97 Å². The Morgan fingerprint density at radius 2 is 1.90 bits per heavy atom. The summed E-state index contributed by atoms with van der Waals surface area (Å²) < 4.78 is 22.1. The third-order valence-corrected chi connectivity index (χ3v) is 8.32. The molecule has 0 spiro atoms. The van der Waals surface area contributed by atoms with E-state index >= 15 is 0 Å². The number of carbonyl (C=O) groups excluding carboxylic acids is 1. The minimum Gasteiger partial charge on any atom is -0.493 e. The molecule has 0 bridgehead atoms. The van der Waals surface area contributed by atoms with Gasteiger partial charge in [-0.25, -0.2) is 4.79 Å².